The quantitative estimate of drug-likeness (QED) is 0.700. The van der Waals surface area contributed by atoms with Crippen LogP contribution in [-0.2, 0) is 0 Å². The van der Waals surface area contributed by atoms with Gasteiger partial charge in [0.05, 0.1) is 0 Å². The van der Waals surface area contributed by atoms with Crippen LogP contribution < -0.4 is 0 Å². The molecule has 0 aromatic carbocycles. The molecule has 1 aliphatic rings. The zero-order valence-corrected chi connectivity index (χ0v) is 9.02. The van der Waals surface area contributed by atoms with Crippen molar-refractivity contribution in [2.75, 3.05) is 13.1 Å². The molecule has 0 unspecified atom stereocenters. The highest BCUT2D eigenvalue weighted by Gasteiger charge is 2.21. The third kappa shape index (κ3) is 2.35. The Bertz CT molecular complexity index is 337. The van der Waals surface area contributed by atoms with E-state index in [1.54, 1.807) is 24.5 Å². The highest BCUT2D eigenvalue weighted by molar-refractivity contribution is 5.94. The molecule has 1 aliphatic heterocycles. The summed E-state index contributed by atoms with van der Waals surface area (Å²) in [5, 5.41) is 0. The smallest absolute Gasteiger partial charge is 0.253 e. The van der Waals surface area contributed by atoms with E-state index in [0.717, 1.165) is 25.1 Å². The molecule has 0 radical (unpaired) electrons. The summed E-state index contributed by atoms with van der Waals surface area (Å²) in [4.78, 5) is 17.9. The molecule has 0 bridgehead atoms. The third-order valence-electron chi connectivity index (χ3n) is 2.87. The second-order valence-corrected chi connectivity index (χ2v) is 4.23. The molecule has 0 aliphatic carbocycles. The molecular weight excluding hydrogens is 188 g/mol. The molecule has 0 saturated carbocycles. The van der Waals surface area contributed by atoms with E-state index in [9.17, 15) is 4.79 Å². The Morgan fingerprint density at radius 1 is 1.47 bits per heavy atom. The van der Waals surface area contributed by atoms with Crippen molar-refractivity contribution < 1.29 is 4.79 Å². The van der Waals surface area contributed by atoms with E-state index >= 15 is 0 Å². The molecule has 2 heterocycles. The van der Waals surface area contributed by atoms with E-state index in [1.807, 2.05) is 4.90 Å². The van der Waals surface area contributed by atoms with Crippen molar-refractivity contribution in [3.8, 4) is 0 Å². The highest BCUT2D eigenvalue weighted by Crippen LogP contribution is 2.17. The Balaban J connectivity index is 2.08. The molecule has 1 aromatic rings. The van der Waals surface area contributed by atoms with Gasteiger partial charge >= 0.3 is 0 Å². The van der Waals surface area contributed by atoms with Crippen molar-refractivity contribution >= 4 is 5.91 Å². The lowest BCUT2D eigenvalue weighted by atomic mass is 10.00. The first kappa shape index (κ1) is 10.1. The van der Waals surface area contributed by atoms with Crippen molar-refractivity contribution in [2.24, 2.45) is 5.92 Å². The van der Waals surface area contributed by atoms with Gasteiger partial charge < -0.3 is 4.90 Å². The van der Waals surface area contributed by atoms with E-state index in [0.29, 0.717) is 5.92 Å². The molecular formula is C12H16N2O. The van der Waals surface area contributed by atoms with Gasteiger partial charge in [0.25, 0.3) is 5.91 Å². The van der Waals surface area contributed by atoms with Crippen LogP contribution in [0.1, 0.15) is 30.1 Å². The molecule has 1 fully saturated rings. The van der Waals surface area contributed by atoms with Gasteiger partial charge in [-0.05, 0) is 30.9 Å². The number of hydrogen-bond acceptors (Lipinski definition) is 2. The normalized spacial score (nSPS) is 21.4. The first-order chi connectivity index (χ1) is 7.27. The number of nitrogens with zero attached hydrogens (tertiary/aromatic N) is 2. The summed E-state index contributed by atoms with van der Waals surface area (Å²) in [5.41, 5.74) is 0.749. The van der Waals surface area contributed by atoms with Gasteiger partial charge in [-0.1, -0.05) is 6.92 Å². The van der Waals surface area contributed by atoms with Gasteiger partial charge in [0.2, 0.25) is 0 Å². The predicted octanol–water partition coefficient (Wildman–Crippen LogP) is 1.95. The number of pyridine rings is 1. The van der Waals surface area contributed by atoms with Crippen LogP contribution in [0, 0.1) is 5.92 Å². The summed E-state index contributed by atoms with van der Waals surface area (Å²) in [6, 6.07) is 3.56. The number of piperidine rings is 1. The number of carbonyl (C=O) groups is 1. The fourth-order valence-corrected chi connectivity index (χ4v) is 2.05. The SMILES string of the molecule is C[C@H]1CCCN(C(=O)c2ccncc2)C1. The Morgan fingerprint density at radius 2 is 2.20 bits per heavy atom. The van der Waals surface area contributed by atoms with Crippen LogP contribution in [0.4, 0.5) is 0 Å². The fraction of sp³-hybridized carbons (Fsp3) is 0.500. The predicted molar refractivity (Wildman–Crippen MR) is 58.5 cm³/mol. The van der Waals surface area contributed by atoms with Gasteiger partial charge in [-0.25, -0.2) is 0 Å². The summed E-state index contributed by atoms with van der Waals surface area (Å²) >= 11 is 0. The van der Waals surface area contributed by atoms with Crippen LogP contribution >= 0.6 is 0 Å². The van der Waals surface area contributed by atoms with E-state index in [1.165, 1.54) is 6.42 Å². The maximum Gasteiger partial charge on any atom is 0.253 e. The first-order valence-electron chi connectivity index (χ1n) is 5.46. The van der Waals surface area contributed by atoms with Crippen LogP contribution in [-0.4, -0.2) is 28.9 Å². The molecule has 3 nitrogen and oxygen atoms in total. The van der Waals surface area contributed by atoms with Crippen molar-refractivity contribution in [3.05, 3.63) is 30.1 Å². The summed E-state index contributed by atoms with van der Waals surface area (Å²) < 4.78 is 0. The van der Waals surface area contributed by atoms with Gasteiger partial charge in [-0.15, -0.1) is 0 Å². The second-order valence-electron chi connectivity index (χ2n) is 4.23. The standard InChI is InChI=1S/C12H16N2O/c1-10-3-2-8-14(9-10)12(15)11-4-6-13-7-5-11/h4-7,10H,2-3,8-9H2,1H3/t10-/m0/s1. The molecule has 1 aromatic heterocycles. The van der Waals surface area contributed by atoms with Gasteiger partial charge in [-0.2, -0.15) is 0 Å². The van der Waals surface area contributed by atoms with Crippen LogP contribution in [0.5, 0.6) is 0 Å². The fourth-order valence-electron chi connectivity index (χ4n) is 2.05. The lowest BCUT2D eigenvalue weighted by Crippen LogP contribution is -2.39. The molecule has 1 amide bonds. The number of amides is 1. The second kappa shape index (κ2) is 4.43. The average Bonchev–Trinajstić information content (AvgIpc) is 2.29. The van der Waals surface area contributed by atoms with Crippen LogP contribution in [0.3, 0.4) is 0 Å². The minimum atomic E-state index is 0.143. The molecule has 0 N–H and O–H groups in total. The largest absolute Gasteiger partial charge is 0.338 e. The number of carbonyl (C=O) groups excluding carboxylic acids is 1. The van der Waals surface area contributed by atoms with E-state index in [2.05, 4.69) is 11.9 Å². The van der Waals surface area contributed by atoms with Gasteiger partial charge in [0, 0.05) is 31.0 Å². The summed E-state index contributed by atoms with van der Waals surface area (Å²) in [5.74, 6) is 0.772. The minimum absolute atomic E-state index is 0.143. The van der Waals surface area contributed by atoms with Gasteiger partial charge in [0.1, 0.15) is 0 Å². The van der Waals surface area contributed by atoms with Gasteiger partial charge in [0.15, 0.2) is 0 Å². The summed E-state index contributed by atoms with van der Waals surface area (Å²) in [6.07, 6.45) is 5.69. The number of aromatic nitrogens is 1. The average molecular weight is 204 g/mol. The van der Waals surface area contributed by atoms with E-state index < -0.39 is 0 Å². The number of hydrogen-bond donors (Lipinski definition) is 0. The van der Waals surface area contributed by atoms with E-state index in [4.69, 9.17) is 0 Å². The van der Waals surface area contributed by atoms with Crippen LogP contribution in [0.2, 0.25) is 0 Å². The molecule has 80 valence electrons. The molecule has 2 rings (SSSR count). The lowest BCUT2D eigenvalue weighted by Gasteiger charge is -2.30. The highest BCUT2D eigenvalue weighted by atomic mass is 16.2. The zero-order valence-electron chi connectivity index (χ0n) is 9.02. The maximum atomic E-state index is 12.0. The van der Waals surface area contributed by atoms with Gasteiger partial charge in [-0.3, -0.25) is 9.78 Å². The Kier molecular flexibility index (Phi) is 2.99. The molecule has 3 heteroatoms. The lowest BCUT2D eigenvalue weighted by molar-refractivity contribution is 0.0683. The summed E-state index contributed by atoms with van der Waals surface area (Å²) in [7, 11) is 0. The third-order valence-corrected chi connectivity index (χ3v) is 2.87. The van der Waals surface area contributed by atoms with E-state index in [-0.39, 0.29) is 5.91 Å². The van der Waals surface area contributed by atoms with Crippen molar-refractivity contribution in [3.63, 3.8) is 0 Å². The molecule has 15 heavy (non-hydrogen) atoms. The number of likely N-dealkylation sites (tertiary alicyclic amines) is 1. The number of rotatable bonds is 1. The van der Waals surface area contributed by atoms with Crippen LogP contribution in [0.25, 0.3) is 0 Å². The maximum absolute atomic E-state index is 12.0. The molecule has 1 atom stereocenters. The first-order valence-corrected chi connectivity index (χ1v) is 5.46. The molecule has 0 spiro atoms. The zero-order chi connectivity index (χ0) is 10.7. The summed E-state index contributed by atoms with van der Waals surface area (Å²) in [6.45, 7) is 3.98. The van der Waals surface area contributed by atoms with Crippen molar-refractivity contribution in [1.82, 2.24) is 9.88 Å². The monoisotopic (exact) mass is 204 g/mol. The van der Waals surface area contributed by atoms with Crippen molar-refractivity contribution in [1.29, 1.82) is 0 Å². The minimum Gasteiger partial charge on any atom is -0.338 e. The molecule has 1 saturated heterocycles. The van der Waals surface area contributed by atoms with Crippen molar-refractivity contribution in [2.45, 2.75) is 19.8 Å². The topological polar surface area (TPSA) is 33.2 Å². The Hall–Kier alpha value is -1.38. The van der Waals surface area contributed by atoms with Crippen LogP contribution in [0.15, 0.2) is 24.5 Å². The Labute approximate surface area is 90.1 Å². The Morgan fingerprint density at radius 3 is 2.87 bits per heavy atom.